The highest BCUT2D eigenvalue weighted by Gasteiger charge is 2.31. The molecule has 1 aliphatic heterocycles. The monoisotopic (exact) mass is 407 g/mol. The number of methoxy groups -OCH3 is 1. The molecule has 2 aromatic rings. The van der Waals surface area contributed by atoms with Gasteiger partial charge >= 0.3 is 5.97 Å². The molecular weight excluding hydrogens is 386 g/mol. The Balaban J connectivity index is 1.70. The van der Waals surface area contributed by atoms with Gasteiger partial charge in [-0.1, -0.05) is 11.8 Å². The summed E-state index contributed by atoms with van der Waals surface area (Å²) in [7, 11) is 1.28. The first kappa shape index (κ1) is 20.1. The van der Waals surface area contributed by atoms with Gasteiger partial charge in [0.25, 0.3) is 0 Å². The van der Waals surface area contributed by atoms with E-state index in [1.165, 1.54) is 13.2 Å². The molecule has 0 saturated carbocycles. The van der Waals surface area contributed by atoms with Gasteiger partial charge in [-0.3, -0.25) is 0 Å². The number of furan rings is 1. The van der Waals surface area contributed by atoms with Crippen LogP contribution < -0.4 is 19.9 Å². The van der Waals surface area contributed by atoms with Crippen molar-refractivity contribution in [3.63, 3.8) is 0 Å². The predicted octanol–water partition coefficient (Wildman–Crippen LogP) is 0.471. The molecule has 2 heterocycles. The second kappa shape index (κ2) is 9.03. The van der Waals surface area contributed by atoms with Crippen LogP contribution in [0.4, 0.5) is 0 Å². The summed E-state index contributed by atoms with van der Waals surface area (Å²) < 4.78 is 21.5. The summed E-state index contributed by atoms with van der Waals surface area (Å²) in [6.45, 7) is 2.44. The van der Waals surface area contributed by atoms with E-state index < -0.39 is 18.0 Å². The Labute approximate surface area is 166 Å². The average Bonchev–Trinajstić information content (AvgIpc) is 3.36. The number of quaternary nitrogens is 1. The van der Waals surface area contributed by atoms with Gasteiger partial charge < -0.3 is 33.8 Å². The van der Waals surface area contributed by atoms with Crippen molar-refractivity contribution in [1.82, 2.24) is 0 Å². The molecule has 1 fully saturated rings. The van der Waals surface area contributed by atoms with E-state index in [1.54, 1.807) is 29.2 Å². The van der Waals surface area contributed by atoms with Crippen LogP contribution in [0.1, 0.15) is 34.2 Å². The number of thioether (sulfide) groups is 1. The van der Waals surface area contributed by atoms with Crippen LogP contribution in [0, 0.1) is 0 Å². The topological polar surface area (TPSA) is 115 Å². The Morgan fingerprint density at radius 2 is 2.07 bits per heavy atom. The van der Waals surface area contributed by atoms with Crippen molar-refractivity contribution in [2.24, 2.45) is 0 Å². The molecule has 0 unspecified atom stereocenters. The normalized spacial score (nSPS) is 18.6. The second-order valence-electron chi connectivity index (χ2n) is 6.06. The second-order valence-corrected chi connectivity index (χ2v) is 7.23. The molecule has 1 aromatic heterocycles. The minimum atomic E-state index is -1.05. The molecule has 8 nitrogen and oxygen atoms in total. The van der Waals surface area contributed by atoms with E-state index in [1.807, 2.05) is 19.1 Å². The summed E-state index contributed by atoms with van der Waals surface area (Å²) in [6, 6.07) is 8.14. The number of hydrogen-bond acceptors (Lipinski definition) is 8. The summed E-state index contributed by atoms with van der Waals surface area (Å²) in [5.74, 6) is 0.569. The first-order valence-electron chi connectivity index (χ1n) is 8.75. The molecule has 0 radical (unpaired) electrons. The number of carbonyl (C=O) groups excluding carboxylic acids is 2. The molecule has 1 saturated heterocycles. The lowest BCUT2D eigenvalue weighted by Crippen LogP contribution is -2.90. The number of aliphatic carboxylic acids is 1. The molecule has 9 heteroatoms. The van der Waals surface area contributed by atoms with Crippen LogP contribution in [0.15, 0.2) is 34.7 Å². The number of hydrogen-bond donors (Lipinski definition) is 1. The van der Waals surface area contributed by atoms with Gasteiger partial charge in [-0.25, -0.2) is 4.79 Å². The number of ether oxygens (including phenoxy) is 3. The molecule has 3 rings (SSSR count). The highest BCUT2D eigenvalue weighted by atomic mass is 32.2. The molecule has 0 bridgehead atoms. The number of carboxylic acids is 1. The Morgan fingerprint density at radius 1 is 1.25 bits per heavy atom. The maximum atomic E-state index is 11.4. The molecule has 1 aromatic carbocycles. The number of carbonyl (C=O) groups is 2. The van der Waals surface area contributed by atoms with Crippen LogP contribution in [-0.2, 0) is 16.1 Å². The molecule has 0 aliphatic carbocycles. The Hall–Kier alpha value is -2.65. The summed E-state index contributed by atoms with van der Waals surface area (Å²) >= 11 is 1.55. The number of benzene rings is 1. The van der Waals surface area contributed by atoms with Crippen molar-refractivity contribution in [3.8, 4) is 11.5 Å². The van der Waals surface area contributed by atoms with Gasteiger partial charge in [-0.05, 0) is 37.3 Å². The summed E-state index contributed by atoms with van der Waals surface area (Å²) in [6.07, 6.45) is 0. The van der Waals surface area contributed by atoms with Gasteiger partial charge in [0, 0.05) is 5.56 Å². The van der Waals surface area contributed by atoms with Crippen molar-refractivity contribution >= 4 is 23.7 Å². The number of nitrogens with two attached hydrogens (primary N) is 1. The third-order valence-corrected chi connectivity index (χ3v) is 5.52. The standard InChI is InChI=1S/C19H21NO7S/c1-3-25-16-8-11(17-20-13(10-28-17)18(21)22)4-6-14(16)26-9-12-5-7-15(27-12)19(23)24-2/h4-8,13,17,20H,3,9-10H2,1-2H3,(H,21,22)/t13-,17-/m1/s1. The first-order valence-corrected chi connectivity index (χ1v) is 9.80. The number of rotatable bonds is 8. The van der Waals surface area contributed by atoms with Gasteiger partial charge in [0.1, 0.15) is 24.4 Å². The smallest absolute Gasteiger partial charge is 0.373 e. The zero-order valence-electron chi connectivity index (χ0n) is 15.5. The fraction of sp³-hybridized carbons (Fsp3) is 0.368. The zero-order valence-corrected chi connectivity index (χ0v) is 16.3. The minimum Gasteiger partial charge on any atom is -0.544 e. The average molecular weight is 407 g/mol. The Morgan fingerprint density at radius 3 is 2.75 bits per heavy atom. The zero-order chi connectivity index (χ0) is 20.1. The van der Waals surface area contributed by atoms with Crippen molar-refractivity contribution in [2.45, 2.75) is 24.9 Å². The van der Waals surface area contributed by atoms with E-state index >= 15 is 0 Å². The van der Waals surface area contributed by atoms with Crippen molar-refractivity contribution < 1.29 is 38.6 Å². The van der Waals surface area contributed by atoms with Crippen LogP contribution in [0.2, 0.25) is 0 Å². The van der Waals surface area contributed by atoms with Gasteiger partial charge in [-0.2, -0.15) is 0 Å². The third-order valence-electron chi connectivity index (χ3n) is 4.18. The first-order chi connectivity index (χ1) is 13.5. The Bertz CT molecular complexity index is 851. The molecule has 150 valence electrons. The lowest BCUT2D eigenvalue weighted by molar-refractivity contribution is -0.690. The summed E-state index contributed by atoms with van der Waals surface area (Å²) in [4.78, 5) is 22.5. The summed E-state index contributed by atoms with van der Waals surface area (Å²) in [5.41, 5.74) is 0.940. The molecule has 2 atom stereocenters. The number of carboxylic acid groups (broad SMARTS) is 1. The van der Waals surface area contributed by atoms with Crippen LogP contribution in [0.3, 0.4) is 0 Å². The predicted molar refractivity (Wildman–Crippen MR) is 97.9 cm³/mol. The molecule has 1 aliphatic rings. The van der Waals surface area contributed by atoms with Gasteiger partial charge in [0.05, 0.1) is 19.5 Å². The van der Waals surface area contributed by atoms with Crippen molar-refractivity contribution in [3.05, 3.63) is 47.4 Å². The maximum Gasteiger partial charge on any atom is 0.373 e. The lowest BCUT2D eigenvalue weighted by Gasteiger charge is -2.15. The molecule has 28 heavy (non-hydrogen) atoms. The van der Waals surface area contributed by atoms with E-state index in [4.69, 9.17) is 13.9 Å². The van der Waals surface area contributed by atoms with Crippen LogP contribution in [0.5, 0.6) is 11.5 Å². The fourth-order valence-electron chi connectivity index (χ4n) is 2.79. The third kappa shape index (κ3) is 4.60. The van der Waals surface area contributed by atoms with E-state index in [9.17, 15) is 14.7 Å². The van der Waals surface area contributed by atoms with Crippen molar-refractivity contribution in [1.29, 1.82) is 0 Å². The largest absolute Gasteiger partial charge is 0.544 e. The number of esters is 1. The fourth-order valence-corrected chi connectivity index (χ4v) is 4.09. The highest BCUT2D eigenvalue weighted by Crippen LogP contribution is 2.35. The van der Waals surface area contributed by atoms with Gasteiger partial charge in [-0.15, -0.1) is 0 Å². The van der Waals surface area contributed by atoms with Gasteiger partial charge in [0.15, 0.2) is 16.9 Å². The van der Waals surface area contributed by atoms with E-state index in [0.29, 0.717) is 29.6 Å². The highest BCUT2D eigenvalue weighted by molar-refractivity contribution is 7.99. The van der Waals surface area contributed by atoms with Crippen molar-refractivity contribution in [2.75, 3.05) is 19.5 Å². The lowest BCUT2D eigenvalue weighted by atomic mass is 10.2. The minimum absolute atomic E-state index is 0.0381. The molecule has 0 spiro atoms. The SMILES string of the molecule is CCOc1cc([C@@H]2[NH2+][C@@H](C(=O)[O-])CS2)ccc1OCc1ccc(C(=O)OC)o1. The van der Waals surface area contributed by atoms with Crippen LogP contribution in [0.25, 0.3) is 0 Å². The van der Waals surface area contributed by atoms with Gasteiger partial charge in [0.2, 0.25) is 5.76 Å². The van der Waals surface area contributed by atoms with Crippen LogP contribution >= 0.6 is 11.8 Å². The van der Waals surface area contributed by atoms with E-state index in [0.717, 1.165) is 5.56 Å². The van der Waals surface area contributed by atoms with E-state index in [2.05, 4.69) is 4.74 Å². The maximum absolute atomic E-state index is 11.4. The molecule has 2 N–H and O–H groups in total. The Kier molecular flexibility index (Phi) is 6.48. The molecular formula is C19H21NO7S. The van der Waals surface area contributed by atoms with Crippen LogP contribution in [-0.4, -0.2) is 37.4 Å². The molecule has 0 amide bonds. The van der Waals surface area contributed by atoms with E-state index in [-0.39, 0.29) is 17.7 Å². The summed E-state index contributed by atoms with van der Waals surface area (Å²) in [5, 5.41) is 12.8. The quantitative estimate of drug-likeness (QED) is 0.628.